The van der Waals surface area contributed by atoms with Crippen molar-refractivity contribution in [2.45, 2.75) is 30.5 Å². The molecule has 5 nitrogen and oxygen atoms in total. The van der Waals surface area contributed by atoms with Crippen LogP contribution < -0.4 is 16.0 Å². The highest BCUT2D eigenvalue weighted by atomic mass is 32.2. The van der Waals surface area contributed by atoms with E-state index in [0.717, 1.165) is 21.8 Å². The number of aryl methyl sites for hydroxylation is 1. The van der Waals surface area contributed by atoms with Gasteiger partial charge < -0.3 is 16.0 Å². The van der Waals surface area contributed by atoms with E-state index in [2.05, 4.69) is 35.0 Å². The number of hydrogen-bond acceptors (Lipinski definition) is 4. The summed E-state index contributed by atoms with van der Waals surface area (Å²) in [6.07, 6.45) is 0. The summed E-state index contributed by atoms with van der Waals surface area (Å²) in [5.74, 6) is -0.249. The van der Waals surface area contributed by atoms with Gasteiger partial charge in [-0.3, -0.25) is 9.59 Å². The molecule has 1 heterocycles. The summed E-state index contributed by atoms with van der Waals surface area (Å²) < 4.78 is 0. The molecule has 1 aliphatic rings. The van der Waals surface area contributed by atoms with E-state index < -0.39 is 0 Å². The molecule has 1 aliphatic heterocycles. The number of amides is 2. The lowest BCUT2D eigenvalue weighted by Crippen LogP contribution is -2.26. The second-order valence-electron chi connectivity index (χ2n) is 7.33. The Labute approximate surface area is 180 Å². The van der Waals surface area contributed by atoms with Gasteiger partial charge in [-0.1, -0.05) is 24.3 Å². The predicted molar refractivity (Wildman–Crippen MR) is 123 cm³/mol. The van der Waals surface area contributed by atoms with Gasteiger partial charge in [0.15, 0.2) is 0 Å². The fraction of sp³-hybridized carbons (Fsp3) is 0.167. The molecule has 0 saturated carbocycles. The van der Waals surface area contributed by atoms with Crippen LogP contribution in [0.2, 0.25) is 0 Å². The Hall–Kier alpha value is -3.25. The molecule has 0 radical (unpaired) electrons. The van der Waals surface area contributed by atoms with Gasteiger partial charge in [0.1, 0.15) is 0 Å². The number of fused-ring (bicyclic) bond motifs is 1. The van der Waals surface area contributed by atoms with Gasteiger partial charge in [0, 0.05) is 28.4 Å². The molecular formula is C24H23N3O2S. The number of carbonyl (C=O) groups excluding carboxylic acids is 2. The van der Waals surface area contributed by atoms with E-state index in [9.17, 15) is 9.59 Å². The summed E-state index contributed by atoms with van der Waals surface area (Å²) >= 11 is 1.50. The molecule has 1 atom stereocenters. The molecule has 2 amide bonds. The van der Waals surface area contributed by atoms with Gasteiger partial charge in [0.05, 0.1) is 10.9 Å². The predicted octanol–water partition coefficient (Wildman–Crippen LogP) is 5.29. The Morgan fingerprint density at radius 2 is 1.83 bits per heavy atom. The molecule has 0 aliphatic carbocycles. The zero-order valence-electron chi connectivity index (χ0n) is 16.9. The Bertz CT molecular complexity index is 1100. The number of thioether (sulfide) groups is 1. The second-order valence-corrected chi connectivity index (χ2v) is 8.72. The summed E-state index contributed by atoms with van der Waals surface area (Å²) in [6.45, 7) is 4.64. The van der Waals surface area contributed by atoms with Crippen LogP contribution in [0.4, 0.5) is 17.1 Å². The molecule has 6 heteroatoms. The number of nitrogens with one attached hydrogen (secondary N) is 3. The number of carbonyl (C=O) groups is 2. The average Bonchev–Trinajstić information content (AvgIpc) is 2.74. The van der Waals surface area contributed by atoms with Crippen LogP contribution in [-0.2, 0) is 11.3 Å². The third-order valence-corrected chi connectivity index (χ3v) is 6.08. The normalized spacial score (nSPS) is 15.1. The van der Waals surface area contributed by atoms with Crippen LogP contribution in [0, 0.1) is 6.92 Å². The van der Waals surface area contributed by atoms with Crippen LogP contribution in [0.5, 0.6) is 0 Å². The molecule has 3 N–H and O–H groups in total. The molecule has 0 spiro atoms. The summed E-state index contributed by atoms with van der Waals surface area (Å²) in [5, 5.41) is 9.05. The maximum absolute atomic E-state index is 12.6. The Morgan fingerprint density at radius 1 is 1.03 bits per heavy atom. The fourth-order valence-corrected chi connectivity index (χ4v) is 4.15. The number of rotatable bonds is 5. The first-order valence-corrected chi connectivity index (χ1v) is 10.7. The van der Waals surface area contributed by atoms with Crippen LogP contribution >= 0.6 is 11.8 Å². The molecule has 0 saturated heterocycles. The van der Waals surface area contributed by atoms with Crippen molar-refractivity contribution in [1.82, 2.24) is 0 Å². The summed E-state index contributed by atoms with van der Waals surface area (Å²) in [7, 11) is 0. The standard InChI is InChI=1S/C24H23N3O2S/c1-15-4-3-5-20(12-15)25-14-17-6-9-19(10-7-17)26-24(29)18-8-11-22-21(13-18)27-23(28)16(2)30-22/h3-13,16,25H,14H2,1-2H3,(H,26,29)(H,27,28)/t16-/m1/s1. The fourth-order valence-electron chi connectivity index (χ4n) is 3.22. The zero-order valence-corrected chi connectivity index (χ0v) is 17.7. The summed E-state index contributed by atoms with van der Waals surface area (Å²) in [5.41, 5.74) is 5.34. The van der Waals surface area contributed by atoms with Gasteiger partial charge >= 0.3 is 0 Å². The number of benzene rings is 3. The van der Waals surface area contributed by atoms with Crippen LogP contribution in [0.1, 0.15) is 28.4 Å². The van der Waals surface area contributed by atoms with Crippen LogP contribution in [0.3, 0.4) is 0 Å². The molecule has 0 fully saturated rings. The van der Waals surface area contributed by atoms with E-state index in [4.69, 9.17) is 0 Å². The monoisotopic (exact) mass is 417 g/mol. The first-order valence-electron chi connectivity index (χ1n) is 9.80. The van der Waals surface area contributed by atoms with Crippen molar-refractivity contribution >= 4 is 40.6 Å². The Morgan fingerprint density at radius 3 is 2.60 bits per heavy atom. The lowest BCUT2D eigenvalue weighted by molar-refractivity contribution is -0.115. The van der Waals surface area contributed by atoms with Gasteiger partial charge in [-0.25, -0.2) is 0 Å². The molecule has 3 aromatic carbocycles. The lowest BCUT2D eigenvalue weighted by Gasteiger charge is -2.21. The Kier molecular flexibility index (Phi) is 5.77. The Balaban J connectivity index is 1.38. The lowest BCUT2D eigenvalue weighted by atomic mass is 10.1. The van der Waals surface area contributed by atoms with Gasteiger partial charge in [-0.05, 0) is 67.4 Å². The smallest absolute Gasteiger partial charge is 0.255 e. The van der Waals surface area contributed by atoms with E-state index in [1.54, 1.807) is 12.1 Å². The largest absolute Gasteiger partial charge is 0.381 e. The van der Waals surface area contributed by atoms with Crippen LogP contribution in [-0.4, -0.2) is 17.1 Å². The van der Waals surface area contributed by atoms with Crippen molar-refractivity contribution in [3.63, 3.8) is 0 Å². The van der Waals surface area contributed by atoms with E-state index >= 15 is 0 Å². The third-order valence-electron chi connectivity index (χ3n) is 4.90. The second kappa shape index (κ2) is 8.63. The molecule has 152 valence electrons. The number of hydrogen-bond donors (Lipinski definition) is 3. The van der Waals surface area contributed by atoms with Crippen molar-refractivity contribution in [3.05, 3.63) is 83.4 Å². The molecule has 4 rings (SSSR count). The molecule has 0 unspecified atom stereocenters. The van der Waals surface area contributed by atoms with Crippen molar-refractivity contribution in [3.8, 4) is 0 Å². The minimum absolute atomic E-state index is 0.0417. The molecule has 30 heavy (non-hydrogen) atoms. The van der Waals surface area contributed by atoms with Gasteiger partial charge in [0.2, 0.25) is 5.91 Å². The minimum atomic E-state index is -0.207. The average molecular weight is 418 g/mol. The van der Waals surface area contributed by atoms with E-state index in [1.165, 1.54) is 17.3 Å². The van der Waals surface area contributed by atoms with Crippen LogP contribution in [0.15, 0.2) is 71.6 Å². The topological polar surface area (TPSA) is 70.2 Å². The zero-order chi connectivity index (χ0) is 21.1. The van der Waals surface area contributed by atoms with Crippen LogP contribution in [0.25, 0.3) is 0 Å². The molecule has 0 bridgehead atoms. The highest BCUT2D eigenvalue weighted by Gasteiger charge is 2.23. The van der Waals surface area contributed by atoms with E-state index in [0.29, 0.717) is 17.8 Å². The third kappa shape index (κ3) is 4.66. The molecular weight excluding hydrogens is 394 g/mol. The first-order chi connectivity index (χ1) is 14.5. The summed E-state index contributed by atoms with van der Waals surface area (Å²) in [6, 6.07) is 21.4. The highest BCUT2D eigenvalue weighted by Crippen LogP contribution is 2.36. The maximum Gasteiger partial charge on any atom is 0.255 e. The SMILES string of the molecule is Cc1cccc(NCc2ccc(NC(=O)c3ccc4c(c3)NC(=O)[C@@H](C)S4)cc2)c1. The van der Waals surface area contributed by atoms with Crippen molar-refractivity contribution in [2.24, 2.45) is 0 Å². The van der Waals surface area contributed by atoms with Gasteiger partial charge in [-0.2, -0.15) is 0 Å². The van der Waals surface area contributed by atoms with Crippen molar-refractivity contribution in [1.29, 1.82) is 0 Å². The minimum Gasteiger partial charge on any atom is -0.381 e. The summed E-state index contributed by atoms with van der Waals surface area (Å²) in [4.78, 5) is 25.5. The quantitative estimate of drug-likeness (QED) is 0.527. The van der Waals surface area contributed by atoms with E-state index in [1.807, 2.05) is 49.4 Å². The van der Waals surface area contributed by atoms with Crippen molar-refractivity contribution in [2.75, 3.05) is 16.0 Å². The van der Waals surface area contributed by atoms with E-state index in [-0.39, 0.29) is 17.1 Å². The maximum atomic E-state index is 12.6. The van der Waals surface area contributed by atoms with Gasteiger partial charge in [0.25, 0.3) is 5.91 Å². The first kappa shape index (κ1) is 20.0. The molecule has 0 aromatic heterocycles. The van der Waals surface area contributed by atoms with Crippen molar-refractivity contribution < 1.29 is 9.59 Å². The van der Waals surface area contributed by atoms with Gasteiger partial charge in [-0.15, -0.1) is 11.8 Å². The number of anilines is 3. The molecule has 3 aromatic rings. The highest BCUT2D eigenvalue weighted by molar-refractivity contribution is 8.00.